The Bertz CT molecular complexity index is 651. The molecule has 2 unspecified atom stereocenters. The zero-order valence-corrected chi connectivity index (χ0v) is 14.4. The van der Waals surface area contributed by atoms with Crippen LogP contribution in [0.2, 0.25) is 0 Å². The lowest BCUT2D eigenvalue weighted by atomic mass is 10.0. The van der Waals surface area contributed by atoms with Gasteiger partial charge < -0.3 is 10.6 Å². The van der Waals surface area contributed by atoms with Crippen LogP contribution in [0, 0.1) is 0 Å². The van der Waals surface area contributed by atoms with Crippen LogP contribution in [-0.4, -0.2) is 30.4 Å². The molecular formula is C20H27N3. The van der Waals surface area contributed by atoms with Gasteiger partial charge >= 0.3 is 0 Å². The summed E-state index contributed by atoms with van der Waals surface area (Å²) in [5.41, 5.74) is 11.7. The largest absolute Gasteiger partial charge is 0.329 e. The average molecular weight is 309 g/mol. The summed E-state index contributed by atoms with van der Waals surface area (Å²) in [6, 6.07) is 18.3. The van der Waals surface area contributed by atoms with Crippen LogP contribution in [0.4, 0.5) is 0 Å². The molecule has 1 heterocycles. The molecule has 0 amide bonds. The van der Waals surface area contributed by atoms with Crippen molar-refractivity contribution in [2.45, 2.75) is 32.1 Å². The second-order valence-corrected chi connectivity index (χ2v) is 6.78. The van der Waals surface area contributed by atoms with Gasteiger partial charge in [-0.05, 0) is 43.3 Å². The number of nitrogens with zero attached hydrogens (tertiary/aromatic N) is 2. The van der Waals surface area contributed by atoms with Crippen LogP contribution in [0.3, 0.4) is 0 Å². The molecule has 23 heavy (non-hydrogen) atoms. The van der Waals surface area contributed by atoms with E-state index in [2.05, 4.69) is 79.3 Å². The number of fused-ring (bicyclic) bond motifs is 1. The van der Waals surface area contributed by atoms with Crippen molar-refractivity contribution in [2.75, 3.05) is 20.6 Å². The van der Waals surface area contributed by atoms with Crippen LogP contribution < -0.4 is 5.73 Å². The van der Waals surface area contributed by atoms with Gasteiger partial charge in [-0.15, -0.1) is 0 Å². The fraction of sp³-hybridized carbons (Fsp3) is 0.400. The molecule has 0 saturated heterocycles. The van der Waals surface area contributed by atoms with Gasteiger partial charge in [-0.1, -0.05) is 48.5 Å². The van der Waals surface area contributed by atoms with Gasteiger partial charge in [-0.3, -0.25) is 4.90 Å². The van der Waals surface area contributed by atoms with Gasteiger partial charge in [0.15, 0.2) is 0 Å². The lowest BCUT2D eigenvalue weighted by molar-refractivity contribution is 0.161. The first-order valence-electron chi connectivity index (χ1n) is 8.37. The van der Waals surface area contributed by atoms with Crippen LogP contribution in [-0.2, 0) is 13.1 Å². The Balaban J connectivity index is 1.87. The second-order valence-electron chi connectivity index (χ2n) is 6.78. The van der Waals surface area contributed by atoms with Crippen LogP contribution in [0.5, 0.6) is 0 Å². The molecule has 0 bridgehead atoms. The molecule has 0 saturated carbocycles. The van der Waals surface area contributed by atoms with Crippen LogP contribution >= 0.6 is 0 Å². The van der Waals surface area contributed by atoms with E-state index in [1.54, 1.807) is 0 Å². The van der Waals surface area contributed by atoms with Gasteiger partial charge in [0.1, 0.15) is 0 Å². The standard InChI is InChI=1S/C20H27N3/c1-15(17-7-5-4-6-8-17)23-14-18-10-9-16(13-22(2)3)11-19(18)20(23)12-21/h4-11,15,20H,12-14,21H2,1-3H3. The molecule has 3 heteroatoms. The van der Waals surface area contributed by atoms with Crippen molar-refractivity contribution in [3.63, 3.8) is 0 Å². The minimum absolute atomic E-state index is 0.308. The Hall–Kier alpha value is -1.68. The third-order valence-electron chi connectivity index (χ3n) is 4.82. The minimum atomic E-state index is 0.308. The van der Waals surface area contributed by atoms with E-state index >= 15 is 0 Å². The van der Waals surface area contributed by atoms with E-state index in [-0.39, 0.29) is 0 Å². The summed E-state index contributed by atoms with van der Waals surface area (Å²) in [5.74, 6) is 0. The van der Waals surface area contributed by atoms with Crippen molar-refractivity contribution < 1.29 is 0 Å². The van der Waals surface area contributed by atoms with E-state index in [4.69, 9.17) is 5.73 Å². The molecule has 0 radical (unpaired) electrons. The predicted octanol–water partition coefficient (Wildman–Crippen LogP) is 3.32. The summed E-state index contributed by atoms with van der Waals surface area (Å²) < 4.78 is 0. The molecule has 3 nitrogen and oxygen atoms in total. The third-order valence-corrected chi connectivity index (χ3v) is 4.82. The fourth-order valence-corrected chi connectivity index (χ4v) is 3.64. The molecule has 2 atom stereocenters. The Morgan fingerprint density at radius 1 is 1.17 bits per heavy atom. The quantitative estimate of drug-likeness (QED) is 0.919. The van der Waals surface area contributed by atoms with E-state index in [9.17, 15) is 0 Å². The summed E-state index contributed by atoms with van der Waals surface area (Å²) in [4.78, 5) is 4.73. The Morgan fingerprint density at radius 2 is 1.91 bits per heavy atom. The smallest absolute Gasteiger partial charge is 0.0483 e. The first kappa shape index (κ1) is 16.2. The monoisotopic (exact) mass is 309 g/mol. The van der Waals surface area contributed by atoms with Crippen molar-refractivity contribution in [3.05, 3.63) is 70.8 Å². The molecular weight excluding hydrogens is 282 g/mol. The number of hydrogen-bond acceptors (Lipinski definition) is 3. The molecule has 2 aromatic rings. The van der Waals surface area contributed by atoms with E-state index in [0.717, 1.165) is 13.1 Å². The third kappa shape index (κ3) is 3.32. The zero-order chi connectivity index (χ0) is 16.4. The SMILES string of the molecule is CC(c1ccccc1)N1Cc2ccc(CN(C)C)cc2C1CN. The Labute approximate surface area is 139 Å². The number of rotatable bonds is 5. The molecule has 0 fully saturated rings. The zero-order valence-electron chi connectivity index (χ0n) is 14.4. The van der Waals surface area contributed by atoms with E-state index < -0.39 is 0 Å². The summed E-state index contributed by atoms with van der Waals surface area (Å²) >= 11 is 0. The molecule has 2 aromatic carbocycles. The van der Waals surface area contributed by atoms with Crippen molar-refractivity contribution in [2.24, 2.45) is 5.73 Å². The Kier molecular flexibility index (Phi) is 4.81. The topological polar surface area (TPSA) is 32.5 Å². The van der Waals surface area contributed by atoms with E-state index in [0.29, 0.717) is 18.6 Å². The van der Waals surface area contributed by atoms with Crippen LogP contribution in [0.15, 0.2) is 48.5 Å². The molecule has 2 N–H and O–H groups in total. The second kappa shape index (κ2) is 6.83. The molecule has 0 spiro atoms. The number of benzene rings is 2. The maximum atomic E-state index is 6.15. The summed E-state index contributed by atoms with van der Waals surface area (Å²) in [6.45, 7) is 4.90. The van der Waals surface area contributed by atoms with Gasteiger partial charge in [0.05, 0.1) is 0 Å². The van der Waals surface area contributed by atoms with Crippen molar-refractivity contribution in [1.29, 1.82) is 0 Å². The lowest BCUT2D eigenvalue weighted by Gasteiger charge is -2.30. The molecule has 1 aliphatic heterocycles. The van der Waals surface area contributed by atoms with Crippen molar-refractivity contribution >= 4 is 0 Å². The predicted molar refractivity (Wildman–Crippen MR) is 96.0 cm³/mol. The van der Waals surface area contributed by atoms with Gasteiger partial charge in [0, 0.05) is 31.7 Å². The molecule has 3 rings (SSSR count). The van der Waals surface area contributed by atoms with E-state index in [1.165, 1.54) is 22.3 Å². The highest BCUT2D eigenvalue weighted by Gasteiger charge is 2.32. The van der Waals surface area contributed by atoms with Gasteiger partial charge in [-0.25, -0.2) is 0 Å². The maximum absolute atomic E-state index is 6.15. The molecule has 1 aliphatic rings. The highest BCUT2D eigenvalue weighted by Crippen LogP contribution is 2.39. The molecule has 122 valence electrons. The summed E-state index contributed by atoms with van der Waals surface area (Å²) in [6.07, 6.45) is 0. The fourth-order valence-electron chi connectivity index (χ4n) is 3.64. The van der Waals surface area contributed by atoms with E-state index in [1.807, 2.05) is 0 Å². The average Bonchev–Trinajstić information content (AvgIpc) is 2.92. The highest BCUT2D eigenvalue weighted by atomic mass is 15.2. The van der Waals surface area contributed by atoms with Crippen LogP contribution in [0.1, 0.15) is 41.3 Å². The Morgan fingerprint density at radius 3 is 2.57 bits per heavy atom. The molecule has 0 aliphatic carbocycles. The lowest BCUT2D eigenvalue weighted by Crippen LogP contribution is -2.30. The molecule has 0 aromatic heterocycles. The van der Waals surface area contributed by atoms with Gasteiger partial charge in [0.25, 0.3) is 0 Å². The van der Waals surface area contributed by atoms with Crippen molar-refractivity contribution in [3.8, 4) is 0 Å². The number of nitrogens with two attached hydrogens (primary N) is 1. The normalized spacial score (nSPS) is 19.1. The maximum Gasteiger partial charge on any atom is 0.0483 e. The first-order valence-corrected chi connectivity index (χ1v) is 8.37. The number of hydrogen-bond donors (Lipinski definition) is 1. The van der Waals surface area contributed by atoms with Gasteiger partial charge in [0.2, 0.25) is 0 Å². The van der Waals surface area contributed by atoms with Gasteiger partial charge in [-0.2, -0.15) is 0 Å². The van der Waals surface area contributed by atoms with Crippen LogP contribution in [0.25, 0.3) is 0 Å². The first-order chi connectivity index (χ1) is 11.1. The summed E-state index contributed by atoms with van der Waals surface area (Å²) in [5, 5.41) is 0. The highest BCUT2D eigenvalue weighted by molar-refractivity contribution is 5.39. The summed E-state index contributed by atoms with van der Waals surface area (Å²) in [7, 11) is 4.22. The van der Waals surface area contributed by atoms with Crippen molar-refractivity contribution in [1.82, 2.24) is 9.80 Å². The minimum Gasteiger partial charge on any atom is -0.329 e.